The lowest BCUT2D eigenvalue weighted by atomic mass is 10.1. The molecule has 1 amide bonds. The van der Waals surface area contributed by atoms with Crippen LogP contribution in [0.2, 0.25) is 0 Å². The topological polar surface area (TPSA) is 42.0 Å². The van der Waals surface area contributed by atoms with Gasteiger partial charge < -0.3 is 14.4 Å². The minimum absolute atomic E-state index is 0.0226. The molecule has 144 valence electrons. The first-order valence-corrected chi connectivity index (χ1v) is 9.10. The lowest BCUT2D eigenvalue weighted by Crippen LogP contribution is -2.39. The van der Waals surface area contributed by atoms with Crippen LogP contribution in [-0.4, -0.2) is 42.6 Å². The van der Waals surface area contributed by atoms with Crippen molar-refractivity contribution in [3.05, 3.63) is 59.4 Å². The van der Waals surface area contributed by atoms with E-state index in [-0.39, 0.29) is 24.6 Å². The molecule has 2 aromatic carbocycles. The molecule has 0 bridgehead atoms. The van der Waals surface area contributed by atoms with Gasteiger partial charge in [-0.15, -0.1) is 0 Å². The Morgan fingerprint density at radius 2 is 1.85 bits per heavy atom. The van der Waals surface area contributed by atoms with Gasteiger partial charge in [0.15, 0.2) is 11.5 Å². The van der Waals surface area contributed by atoms with Gasteiger partial charge in [-0.1, -0.05) is 25.1 Å². The Bertz CT molecular complexity index is 795. The zero-order chi connectivity index (χ0) is 19.4. The molecule has 0 spiro atoms. The van der Waals surface area contributed by atoms with E-state index in [4.69, 9.17) is 9.47 Å². The number of carbonyl (C=O) groups excluding carboxylic acids is 1. The molecular weight excluding hydrogens is 347 g/mol. The zero-order valence-electron chi connectivity index (χ0n) is 15.9. The second kappa shape index (κ2) is 8.39. The van der Waals surface area contributed by atoms with Crippen LogP contribution in [-0.2, 0) is 11.3 Å². The van der Waals surface area contributed by atoms with E-state index in [1.807, 2.05) is 32.0 Å². The van der Waals surface area contributed by atoms with Crippen LogP contribution in [0, 0.1) is 5.82 Å². The molecule has 1 heterocycles. The number of likely N-dealkylation sites (N-methyl/N-ethyl adjacent to an activating group) is 2. The van der Waals surface area contributed by atoms with Crippen LogP contribution in [0.1, 0.15) is 31.0 Å². The maximum absolute atomic E-state index is 13.1. The predicted molar refractivity (Wildman–Crippen MR) is 101 cm³/mol. The van der Waals surface area contributed by atoms with Crippen LogP contribution in [0.3, 0.4) is 0 Å². The van der Waals surface area contributed by atoms with Crippen molar-refractivity contribution in [2.24, 2.45) is 0 Å². The number of benzene rings is 2. The average Bonchev–Trinajstić information content (AvgIpc) is 3.14. The second-order valence-corrected chi connectivity index (χ2v) is 6.72. The molecule has 1 aliphatic rings. The largest absolute Gasteiger partial charge is 0.454 e. The fourth-order valence-corrected chi connectivity index (χ4v) is 3.06. The Morgan fingerprint density at radius 3 is 2.56 bits per heavy atom. The van der Waals surface area contributed by atoms with Crippen molar-refractivity contribution in [1.29, 1.82) is 0 Å². The fourth-order valence-electron chi connectivity index (χ4n) is 3.06. The smallest absolute Gasteiger partial charge is 0.237 e. The van der Waals surface area contributed by atoms with Crippen LogP contribution >= 0.6 is 0 Å². The lowest BCUT2D eigenvalue weighted by Gasteiger charge is -2.28. The van der Waals surface area contributed by atoms with Crippen LogP contribution in [0.5, 0.6) is 11.5 Å². The van der Waals surface area contributed by atoms with E-state index in [2.05, 4.69) is 4.90 Å². The maximum Gasteiger partial charge on any atom is 0.237 e. The quantitative estimate of drug-likeness (QED) is 0.745. The minimum Gasteiger partial charge on any atom is -0.454 e. The van der Waals surface area contributed by atoms with E-state index >= 15 is 0 Å². The molecule has 0 saturated carbocycles. The van der Waals surface area contributed by atoms with E-state index < -0.39 is 0 Å². The number of halogens is 1. The highest BCUT2D eigenvalue weighted by Crippen LogP contribution is 2.32. The fraction of sp³-hybridized carbons (Fsp3) is 0.381. The summed E-state index contributed by atoms with van der Waals surface area (Å²) < 4.78 is 23.9. The highest BCUT2D eigenvalue weighted by molar-refractivity contribution is 5.78. The Balaban J connectivity index is 1.61. The van der Waals surface area contributed by atoms with E-state index in [1.165, 1.54) is 12.1 Å². The summed E-state index contributed by atoms with van der Waals surface area (Å²) in [6.45, 7) is 5.94. The average molecular weight is 372 g/mol. The maximum atomic E-state index is 13.1. The minimum atomic E-state index is -0.277. The zero-order valence-corrected chi connectivity index (χ0v) is 15.9. The molecule has 0 N–H and O–H groups in total. The van der Waals surface area contributed by atoms with E-state index in [1.54, 1.807) is 24.1 Å². The van der Waals surface area contributed by atoms with Gasteiger partial charge in [-0.25, -0.2) is 4.39 Å². The van der Waals surface area contributed by atoms with Crippen molar-refractivity contribution in [2.45, 2.75) is 26.4 Å². The van der Waals surface area contributed by atoms with Gasteiger partial charge in [0.1, 0.15) is 5.82 Å². The third-order valence-electron chi connectivity index (χ3n) is 4.98. The number of hydrogen-bond acceptors (Lipinski definition) is 4. The molecule has 0 radical (unpaired) electrons. The first-order valence-electron chi connectivity index (χ1n) is 9.10. The Morgan fingerprint density at radius 1 is 1.15 bits per heavy atom. The van der Waals surface area contributed by atoms with Gasteiger partial charge in [0.2, 0.25) is 12.7 Å². The molecular formula is C21H25FN2O3. The lowest BCUT2D eigenvalue weighted by molar-refractivity contribution is -0.133. The van der Waals surface area contributed by atoms with Crippen molar-refractivity contribution >= 4 is 5.91 Å². The Kier molecular flexibility index (Phi) is 5.96. The van der Waals surface area contributed by atoms with E-state index in [9.17, 15) is 9.18 Å². The van der Waals surface area contributed by atoms with Crippen LogP contribution in [0.4, 0.5) is 4.39 Å². The van der Waals surface area contributed by atoms with E-state index in [0.29, 0.717) is 13.1 Å². The van der Waals surface area contributed by atoms with Gasteiger partial charge >= 0.3 is 0 Å². The summed E-state index contributed by atoms with van der Waals surface area (Å²) in [4.78, 5) is 16.5. The molecule has 27 heavy (non-hydrogen) atoms. The number of nitrogens with zero attached hydrogens (tertiary/aromatic N) is 2. The van der Waals surface area contributed by atoms with Gasteiger partial charge in [0.25, 0.3) is 0 Å². The number of amides is 1. The first-order chi connectivity index (χ1) is 13.0. The SMILES string of the molecule is CCN(CC(=O)N(C)C(C)c1ccc(F)cc1)Cc1ccc2c(c1)OCO2. The third kappa shape index (κ3) is 4.57. The normalized spacial score (nSPS) is 13.7. The molecule has 5 nitrogen and oxygen atoms in total. The van der Waals surface area contributed by atoms with Crippen LogP contribution < -0.4 is 9.47 Å². The first kappa shape index (κ1) is 19.2. The second-order valence-electron chi connectivity index (χ2n) is 6.72. The molecule has 0 aliphatic carbocycles. The van der Waals surface area contributed by atoms with Crippen molar-refractivity contribution in [3.8, 4) is 11.5 Å². The standard InChI is InChI=1S/C21H25FN2O3/c1-4-24(12-16-5-10-19-20(11-16)27-14-26-19)13-21(25)23(3)15(2)17-6-8-18(22)9-7-17/h5-11,15H,4,12-14H2,1-3H3. The number of ether oxygens (including phenoxy) is 2. The summed E-state index contributed by atoms with van der Waals surface area (Å²) in [5.74, 6) is 1.25. The van der Waals surface area contributed by atoms with Gasteiger partial charge in [-0.05, 0) is 48.9 Å². The number of fused-ring (bicyclic) bond motifs is 1. The van der Waals surface area contributed by atoms with Gasteiger partial charge in [-0.2, -0.15) is 0 Å². The molecule has 1 unspecified atom stereocenters. The number of rotatable bonds is 7. The van der Waals surface area contributed by atoms with E-state index in [0.717, 1.165) is 29.2 Å². The van der Waals surface area contributed by atoms with Gasteiger partial charge in [0.05, 0.1) is 12.6 Å². The van der Waals surface area contributed by atoms with Crippen LogP contribution in [0.15, 0.2) is 42.5 Å². The third-order valence-corrected chi connectivity index (χ3v) is 4.98. The molecule has 1 atom stereocenters. The molecule has 0 saturated heterocycles. The molecule has 1 aliphatic heterocycles. The highest BCUT2D eigenvalue weighted by Gasteiger charge is 2.20. The summed E-state index contributed by atoms with van der Waals surface area (Å²) in [5, 5.41) is 0. The summed E-state index contributed by atoms with van der Waals surface area (Å²) >= 11 is 0. The molecule has 6 heteroatoms. The van der Waals surface area contributed by atoms with Crippen molar-refractivity contribution in [3.63, 3.8) is 0 Å². The number of carbonyl (C=O) groups is 1. The molecule has 3 rings (SSSR count). The molecule has 2 aromatic rings. The Labute approximate surface area is 159 Å². The molecule has 0 aromatic heterocycles. The van der Waals surface area contributed by atoms with Crippen LogP contribution in [0.25, 0.3) is 0 Å². The number of hydrogen-bond donors (Lipinski definition) is 0. The summed E-state index contributed by atoms with van der Waals surface area (Å²) in [6, 6.07) is 12.0. The highest BCUT2D eigenvalue weighted by atomic mass is 19.1. The predicted octanol–water partition coefficient (Wildman–Crippen LogP) is 3.60. The molecule has 0 fully saturated rings. The Hall–Kier alpha value is -2.60. The van der Waals surface area contributed by atoms with Crippen molar-refractivity contribution in [2.75, 3.05) is 26.9 Å². The van der Waals surface area contributed by atoms with Gasteiger partial charge in [-0.3, -0.25) is 9.69 Å². The van der Waals surface area contributed by atoms with Crippen molar-refractivity contribution in [1.82, 2.24) is 9.80 Å². The monoisotopic (exact) mass is 372 g/mol. The van der Waals surface area contributed by atoms with Gasteiger partial charge in [0, 0.05) is 13.6 Å². The summed E-state index contributed by atoms with van der Waals surface area (Å²) in [6.07, 6.45) is 0. The summed E-state index contributed by atoms with van der Waals surface area (Å²) in [7, 11) is 1.78. The summed E-state index contributed by atoms with van der Waals surface area (Å²) in [5.41, 5.74) is 1.98. The van der Waals surface area contributed by atoms with Crippen molar-refractivity contribution < 1.29 is 18.7 Å².